The van der Waals surface area contributed by atoms with Crippen molar-refractivity contribution in [2.45, 2.75) is 38.1 Å². The minimum absolute atomic E-state index is 0.163. The number of aryl methyl sites for hydroxylation is 1. The van der Waals surface area contributed by atoms with Crippen LogP contribution in [-0.4, -0.2) is 44.9 Å². The molecule has 0 saturated carbocycles. The second-order valence-electron chi connectivity index (χ2n) is 9.71. The minimum Gasteiger partial charge on any atom is -0.349 e. The number of carbonyl (C=O) groups excluding carboxylic acids is 2. The highest BCUT2D eigenvalue weighted by atomic mass is 19.1. The number of benzene rings is 2. The average Bonchev–Trinajstić information content (AvgIpc) is 3.39. The van der Waals surface area contributed by atoms with Crippen LogP contribution in [0.3, 0.4) is 0 Å². The maximum Gasteiger partial charge on any atom is 0.257 e. The van der Waals surface area contributed by atoms with Gasteiger partial charge in [0.25, 0.3) is 11.8 Å². The average molecular weight is 532 g/mol. The van der Waals surface area contributed by atoms with Gasteiger partial charge in [-0.05, 0) is 80.8 Å². The largest absolute Gasteiger partial charge is 0.349 e. The van der Waals surface area contributed by atoms with E-state index in [-0.39, 0.29) is 17.6 Å². The summed E-state index contributed by atoms with van der Waals surface area (Å²) in [5, 5.41) is 6.81. The molecule has 2 aromatic heterocycles. The molecule has 1 saturated heterocycles. The van der Waals surface area contributed by atoms with Gasteiger partial charge in [-0.25, -0.2) is 8.78 Å². The van der Waals surface area contributed by atoms with E-state index >= 15 is 0 Å². The van der Waals surface area contributed by atoms with E-state index in [0.29, 0.717) is 54.5 Å². The van der Waals surface area contributed by atoms with Crippen LogP contribution >= 0.6 is 0 Å². The third kappa shape index (κ3) is 5.41. The lowest BCUT2D eigenvalue weighted by molar-refractivity contribution is -0.129. The predicted molar refractivity (Wildman–Crippen MR) is 138 cm³/mol. The molecule has 2 aromatic carbocycles. The molecule has 8 nitrogen and oxygen atoms in total. The fraction of sp³-hybridized carbons (Fsp3) is 0.276. The molecule has 0 aliphatic carbocycles. The molecule has 2 amide bonds. The highest BCUT2D eigenvalue weighted by Crippen LogP contribution is 2.36. The molecule has 4 aromatic rings. The zero-order valence-electron chi connectivity index (χ0n) is 21.5. The van der Waals surface area contributed by atoms with Crippen molar-refractivity contribution >= 4 is 11.8 Å². The van der Waals surface area contributed by atoms with E-state index in [1.54, 1.807) is 48.2 Å². The van der Waals surface area contributed by atoms with E-state index in [2.05, 4.69) is 20.4 Å². The van der Waals surface area contributed by atoms with E-state index in [0.717, 1.165) is 11.8 Å². The number of amides is 2. The quantitative estimate of drug-likeness (QED) is 0.385. The topological polar surface area (TPSA) is 101 Å². The SMILES string of the molecule is Cc1noc(-c2ccc(C(=O)N3CCC(C(=O)N[C@@H](C)c4ccc(F)cc4)(c4ccc(F)cn4)CC3)cc2)n1. The summed E-state index contributed by atoms with van der Waals surface area (Å²) >= 11 is 0. The van der Waals surface area contributed by atoms with Crippen LogP contribution in [-0.2, 0) is 10.2 Å². The highest BCUT2D eigenvalue weighted by molar-refractivity contribution is 5.95. The molecule has 3 heterocycles. The summed E-state index contributed by atoms with van der Waals surface area (Å²) in [4.78, 5) is 37.2. The Kier molecular flexibility index (Phi) is 7.19. The third-order valence-electron chi connectivity index (χ3n) is 7.18. The number of halogens is 2. The zero-order chi connectivity index (χ0) is 27.6. The van der Waals surface area contributed by atoms with Crippen molar-refractivity contribution < 1.29 is 22.9 Å². The first-order valence-electron chi connectivity index (χ1n) is 12.6. The van der Waals surface area contributed by atoms with Crippen molar-refractivity contribution in [3.63, 3.8) is 0 Å². The van der Waals surface area contributed by atoms with Crippen LogP contribution in [0.2, 0.25) is 0 Å². The van der Waals surface area contributed by atoms with Crippen molar-refractivity contribution in [3.8, 4) is 11.5 Å². The monoisotopic (exact) mass is 531 g/mol. The van der Waals surface area contributed by atoms with Gasteiger partial charge in [-0.2, -0.15) is 4.98 Å². The van der Waals surface area contributed by atoms with Crippen molar-refractivity contribution in [1.29, 1.82) is 0 Å². The van der Waals surface area contributed by atoms with Crippen LogP contribution in [0, 0.1) is 18.6 Å². The number of pyridine rings is 1. The van der Waals surface area contributed by atoms with Gasteiger partial charge in [-0.15, -0.1) is 0 Å². The number of rotatable bonds is 6. The zero-order valence-corrected chi connectivity index (χ0v) is 21.5. The van der Waals surface area contributed by atoms with Crippen LogP contribution in [0.4, 0.5) is 8.78 Å². The van der Waals surface area contributed by atoms with Crippen molar-refractivity contribution in [1.82, 2.24) is 25.3 Å². The maximum absolute atomic E-state index is 13.7. The molecule has 1 aliphatic heterocycles. The maximum atomic E-state index is 13.7. The molecule has 1 aliphatic rings. The Balaban J connectivity index is 1.33. The molecular weight excluding hydrogens is 504 g/mol. The fourth-order valence-electron chi connectivity index (χ4n) is 4.87. The lowest BCUT2D eigenvalue weighted by Crippen LogP contribution is -2.53. The molecule has 0 bridgehead atoms. The Bertz CT molecular complexity index is 1460. The van der Waals surface area contributed by atoms with Crippen molar-refractivity contribution in [3.05, 3.63) is 101 Å². The van der Waals surface area contributed by atoms with E-state index < -0.39 is 17.3 Å². The van der Waals surface area contributed by atoms with Crippen LogP contribution < -0.4 is 5.32 Å². The number of piperidine rings is 1. The first-order chi connectivity index (χ1) is 18.7. The molecule has 0 spiro atoms. The van der Waals surface area contributed by atoms with Gasteiger partial charge >= 0.3 is 0 Å². The molecule has 10 heteroatoms. The van der Waals surface area contributed by atoms with Crippen LogP contribution in [0.25, 0.3) is 11.5 Å². The Labute approximate surface area is 224 Å². The summed E-state index contributed by atoms with van der Waals surface area (Å²) in [5.74, 6) is -0.397. The third-order valence-corrected chi connectivity index (χ3v) is 7.18. The molecule has 1 N–H and O–H groups in total. The first-order valence-corrected chi connectivity index (χ1v) is 12.6. The number of hydrogen-bond donors (Lipinski definition) is 1. The van der Waals surface area contributed by atoms with Gasteiger partial charge in [0.05, 0.1) is 23.3 Å². The number of hydrogen-bond acceptors (Lipinski definition) is 6. The van der Waals surface area contributed by atoms with Gasteiger partial charge in [0, 0.05) is 24.2 Å². The van der Waals surface area contributed by atoms with Gasteiger partial charge in [-0.1, -0.05) is 17.3 Å². The second kappa shape index (κ2) is 10.7. The highest BCUT2D eigenvalue weighted by Gasteiger charge is 2.45. The Morgan fingerprint density at radius 2 is 1.64 bits per heavy atom. The predicted octanol–water partition coefficient (Wildman–Crippen LogP) is 4.77. The summed E-state index contributed by atoms with van der Waals surface area (Å²) in [7, 11) is 0. The molecular formula is C29H27F2N5O3. The summed E-state index contributed by atoms with van der Waals surface area (Å²) in [6.45, 7) is 4.16. The molecule has 39 heavy (non-hydrogen) atoms. The van der Waals surface area contributed by atoms with Gasteiger partial charge in [0.1, 0.15) is 11.6 Å². The second-order valence-corrected chi connectivity index (χ2v) is 9.71. The van der Waals surface area contributed by atoms with Crippen LogP contribution in [0.1, 0.15) is 53.2 Å². The van der Waals surface area contributed by atoms with Gasteiger partial charge < -0.3 is 14.7 Å². The smallest absolute Gasteiger partial charge is 0.257 e. The number of nitrogens with zero attached hydrogens (tertiary/aromatic N) is 4. The van der Waals surface area contributed by atoms with Crippen molar-refractivity contribution in [2.24, 2.45) is 0 Å². The van der Waals surface area contributed by atoms with E-state index in [9.17, 15) is 18.4 Å². The molecule has 0 unspecified atom stereocenters. The molecule has 1 fully saturated rings. The molecule has 5 rings (SSSR count). The summed E-state index contributed by atoms with van der Waals surface area (Å²) in [5.41, 5.74) is 1.34. The van der Waals surface area contributed by atoms with Gasteiger partial charge in [0.15, 0.2) is 5.82 Å². The Hall–Kier alpha value is -4.47. The van der Waals surface area contributed by atoms with Crippen LogP contribution in [0.5, 0.6) is 0 Å². The number of likely N-dealkylation sites (tertiary alicyclic amines) is 1. The summed E-state index contributed by atoms with van der Waals surface area (Å²) in [6, 6.07) is 15.3. The molecule has 1 atom stereocenters. The lowest BCUT2D eigenvalue weighted by Gasteiger charge is -2.41. The van der Waals surface area contributed by atoms with E-state index in [1.165, 1.54) is 24.3 Å². The van der Waals surface area contributed by atoms with Gasteiger partial charge in [0.2, 0.25) is 5.91 Å². The van der Waals surface area contributed by atoms with Crippen molar-refractivity contribution in [2.75, 3.05) is 13.1 Å². The number of nitrogens with one attached hydrogen (secondary N) is 1. The summed E-state index contributed by atoms with van der Waals surface area (Å²) < 4.78 is 32.2. The van der Waals surface area contributed by atoms with Gasteiger partial charge in [-0.3, -0.25) is 14.6 Å². The lowest BCUT2D eigenvalue weighted by atomic mass is 9.74. The number of aromatic nitrogens is 3. The normalized spacial score (nSPS) is 15.5. The Morgan fingerprint density at radius 1 is 0.974 bits per heavy atom. The minimum atomic E-state index is -1.06. The van der Waals surface area contributed by atoms with E-state index in [1.807, 2.05) is 6.92 Å². The van der Waals surface area contributed by atoms with Crippen LogP contribution in [0.15, 0.2) is 71.4 Å². The fourth-order valence-corrected chi connectivity index (χ4v) is 4.87. The Morgan fingerprint density at radius 3 is 2.23 bits per heavy atom. The first kappa shape index (κ1) is 26.1. The number of carbonyl (C=O) groups is 2. The summed E-state index contributed by atoms with van der Waals surface area (Å²) in [6.07, 6.45) is 1.70. The molecule has 0 radical (unpaired) electrons. The van der Waals surface area contributed by atoms with E-state index in [4.69, 9.17) is 4.52 Å². The molecule has 200 valence electrons. The standard InChI is InChI=1S/C29H27F2N5O3/c1-18(20-7-9-23(30)10-8-20)33-28(38)29(25-12-11-24(31)17-32-25)13-15-36(16-14-29)27(37)22-5-3-21(4-6-22)26-34-19(2)35-39-26/h3-12,17-18H,13-16H2,1-2H3,(H,33,38)/t18-/m0/s1.